The third-order valence-corrected chi connectivity index (χ3v) is 3.29. The minimum Gasteiger partial charge on any atom is -0.289 e. The van der Waals surface area contributed by atoms with Crippen LogP contribution in [-0.4, -0.2) is 15.6 Å². The van der Waals surface area contributed by atoms with E-state index in [1.54, 1.807) is 23.0 Å². The fourth-order valence-electron chi connectivity index (χ4n) is 2.22. The number of Topliss-reactive ketones (excluding diaryl/α,β-unsaturated/α-hetero) is 1. The van der Waals surface area contributed by atoms with Gasteiger partial charge < -0.3 is 0 Å². The molecular formula is C14H11ClN2O. The molecule has 1 aromatic heterocycles. The van der Waals surface area contributed by atoms with Gasteiger partial charge in [-0.1, -0.05) is 11.6 Å². The maximum absolute atomic E-state index is 12.2. The second kappa shape index (κ2) is 4.10. The van der Waals surface area contributed by atoms with E-state index in [2.05, 4.69) is 5.10 Å². The van der Waals surface area contributed by atoms with E-state index in [0.29, 0.717) is 11.4 Å². The molecule has 0 fully saturated rings. The average Bonchev–Trinajstić information content (AvgIpc) is 2.85. The lowest BCUT2D eigenvalue weighted by atomic mass is 10.1. The Bertz CT molecular complexity index is 670. The van der Waals surface area contributed by atoms with Gasteiger partial charge in [0.05, 0.1) is 6.20 Å². The average molecular weight is 259 g/mol. The normalized spacial score (nSPS) is 16.3. The Morgan fingerprint density at radius 1 is 1.44 bits per heavy atom. The Balaban J connectivity index is 1.99. The number of allylic oxidation sites excluding steroid dienone is 1. The van der Waals surface area contributed by atoms with Crippen LogP contribution in [0.15, 0.2) is 36.2 Å². The molecule has 0 aliphatic heterocycles. The Morgan fingerprint density at radius 3 is 3.00 bits per heavy atom. The van der Waals surface area contributed by atoms with Crippen molar-refractivity contribution in [2.24, 2.45) is 7.05 Å². The maximum Gasteiger partial charge on any atom is 0.189 e. The first-order chi connectivity index (χ1) is 8.63. The van der Waals surface area contributed by atoms with E-state index in [9.17, 15) is 4.79 Å². The fraction of sp³-hybridized carbons (Fsp3) is 0.143. The standard InChI is InChI=1S/C14H11ClN2O/c1-17-8-9(7-16-17)4-11-5-10-6-12(15)2-3-13(10)14(11)18/h2-4,6-8H,5H2,1H3. The first-order valence-electron chi connectivity index (χ1n) is 5.66. The fourth-order valence-corrected chi connectivity index (χ4v) is 2.42. The quantitative estimate of drug-likeness (QED) is 0.737. The minimum atomic E-state index is 0.0884. The van der Waals surface area contributed by atoms with Crippen molar-refractivity contribution in [3.63, 3.8) is 0 Å². The first kappa shape index (κ1) is 11.2. The van der Waals surface area contributed by atoms with E-state index in [0.717, 1.165) is 22.3 Å². The van der Waals surface area contributed by atoms with Crippen molar-refractivity contribution in [3.05, 3.63) is 57.9 Å². The zero-order valence-corrected chi connectivity index (χ0v) is 10.6. The summed E-state index contributed by atoms with van der Waals surface area (Å²) in [4.78, 5) is 12.2. The molecule has 1 aliphatic carbocycles. The number of rotatable bonds is 1. The van der Waals surface area contributed by atoms with Crippen LogP contribution in [-0.2, 0) is 13.5 Å². The van der Waals surface area contributed by atoms with Crippen LogP contribution < -0.4 is 0 Å². The van der Waals surface area contributed by atoms with Crippen molar-refractivity contribution in [3.8, 4) is 0 Å². The number of carbonyl (C=O) groups excluding carboxylic acids is 1. The Labute approximate surface area is 110 Å². The van der Waals surface area contributed by atoms with E-state index >= 15 is 0 Å². The lowest BCUT2D eigenvalue weighted by Crippen LogP contribution is -1.94. The molecule has 0 N–H and O–H groups in total. The van der Waals surface area contributed by atoms with Gasteiger partial charge in [-0.25, -0.2) is 0 Å². The summed E-state index contributed by atoms with van der Waals surface area (Å²) in [7, 11) is 1.85. The van der Waals surface area contributed by atoms with Crippen molar-refractivity contribution in [2.45, 2.75) is 6.42 Å². The molecule has 1 aliphatic rings. The Hall–Kier alpha value is -1.87. The number of carbonyl (C=O) groups is 1. The molecule has 1 heterocycles. The number of halogens is 1. The number of nitrogens with zero attached hydrogens (tertiary/aromatic N) is 2. The summed E-state index contributed by atoms with van der Waals surface area (Å²) in [5.74, 6) is 0.0884. The molecular weight excluding hydrogens is 248 g/mol. The maximum atomic E-state index is 12.2. The summed E-state index contributed by atoms with van der Waals surface area (Å²) < 4.78 is 1.72. The van der Waals surface area contributed by atoms with Crippen LogP contribution in [0.5, 0.6) is 0 Å². The zero-order chi connectivity index (χ0) is 12.7. The van der Waals surface area contributed by atoms with Crippen molar-refractivity contribution in [1.82, 2.24) is 9.78 Å². The summed E-state index contributed by atoms with van der Waals surface area (Å²) in [6.45, 7) is 0. The van der Waals surface area contributed by atoms with Gasteiger partial charge in [0.1, 0.15) is 0 Å². The van der Waals surface area contributed by atoms with Crippen LogP contribution >= 0.6 is 11.6 Å². The van der Waals surface area contributed by atoms with E-state index in [1.807, 2.05) is 25.4 Å². The number of hydrogen-bond donors (Lipinski definition) is 0. The molecule has 0 amide bonds. The third-order valence-electron chi connectivity index (χ3n) is 3.05. The van der Waals surface area contributed by atoms with Crippen molar-refractivity contribution < 1.29 is 4.79 Å². The van der Waals surface area contributed by atoms with Gasteiger partial charge in [-0.05, 0) is 29.8 Å². The molecule has 0 saturated heterocycles. The number of fused-ring (bicyclic) bond motifs is 1. The topological polar surface area (TPSA) is 34.9 Å². The zero-order valence-electron chi connectivity index (χ0n) is 9.85. The molecule has 90 valence electrons. The molecule has 3 rings (SSSR count). The highest BCUT2D eigenvalue weighted by molar-refractivity contribution is 6.31. The Morgan fingerprint density at radius 2 is 2.28 bits per heavy atom. The largest absolute Gasteiger partial charge is 0.289 e. The second-order valence-corrected chi connectivity index (χ2v) is 4.86. The van der Waals surface area contributed by atoms with Crippen LogP contribution in [0.25, 0.3) is 6.08 Å². The molecule has 0 saturated carbocycles. The molecule has 0 spiro atoms. The number of aromatic nitrogens is 2. The highest BCUT2D eigenvalue weighted by Crippen LogP contribution is 2.29. The van der Waals surface area contributed by atoms with Gasteiger partial charge >= 0.3 is 0 Å². The van der Waals surface area contributed by atoms with Crippen LogP contribution in [0.2, 0.25) is 5.02 Å². The lowest BCUT2D eigenvalue weighted by molar-refractivity contribution is 0.104. The number of ketones is 1. The second-order valence-electron chi connectivity index (χ2n) is 4.42. The molecule has 0 bridgehead atoms. The number of benzene rings is 1. The van der Waals surface area contributed by atoms with Gasteiger partial charge in [0.2, 0.25) is 0 Å². The predicted molar refractivity (Wildman–Crippen MR) is 70.7 cm³/mol. The minimum absolute atomic E-state index is 0.0884. The molecule has 1 aromatic carbocycles. The van der Waals surface area contributed by atoms with Gasteiger partial charge in [0, 0.05) is 41.4 Å². The van der Waals surface area contributed by atoms with Gasteiger partial charge in [-0.3, -0.25) is 9.48 Å². The van der Waals surface area contributed by atoms with Crippen molar-refractivity contribution >= 4 is 23.5 Å². The van der Waals surface area contributed by atoms with Gasteiger partial charge in [0.25, 0.3) is 0 Å². The third kappa shape index (κ3) is 1.87. The molecule has 0 unspecified atom stereocenters. The predicted octanol–water partition coefficient (Wildman–Crippen LogP) is 2.90. The highest BCUT2D eigenvalue weighted by atomic mass is 35.5. The summed E-state index contributed by atoms with van der Waals surface area (Å²) in [6, 6.07) is 5.41. The SMILES string of the molecule is Cn1cc(C=C2Cc3cc(Cl)ccc3C2=O)cn1. The number of aryl methyl sites for hydroxylation is 1. The van der Waals surface area contributed by atoms with Crippen LogP contribution in [0.3, 0.4) is 0 Å². The molecule has 3 nitrogen and oxygen atoms in total. The number of hydrogen-bond acceptors (Lipinski definition) is 2. The van der Waals surface area contributed by atoms with Gasteiger partial charge in [-0.2, -0.15) is 5.10 Å². The molecule has 18 heavy (non-hydrogen) atoms. The molecule has 2 aromatic rings. The van der Waals surface area contributed by atoms with E-state index in [4.69, 9.17) is 11.6 Å². The van der Waals surface area contributed by atoms with Gasteiger partial charge in [0.15, 0.2) is 5.78 Å². The van der Waals surface area contributed by atoms with Crippen molar-refractivity contribution in [1.29, 1.82) is 0 Å². The first-order valence-corrected chi connectivity index (χ1v) is 6.03. The van der Waals surface area contributed by atoms with Crippen molar-refractivity contribution in [2.75, 3.05) is 0 Å². The highest BCUT2D eigenvalue weighted by Gasteiger charge is 2.24. The van der Waals surface area contributed by atoms with Crippen LogP contribution in [0.4, 0.5) is 0 Å². The Kier molecular flexibility index (Phi) is 2.56. The molecule has 0 radical (unpaired) electrons. The van der Waals surface area contributed by atoms with Crippen LogP contribution in [0.1, 0.15) is 21.5 Å². The van der Waals surface area contributed by atoms with Gasteiger partial charge in [-0.15, -0.1) is 0 Å². The summed E-state index contributed by atoms with van der Waals surface area (Å²) >= 11 is 5.94. The lowest BCUT2D eigenvalue weighted by Gasteiger charge is -1.95. The summed E-state index contributed by atoms with van der Waals surface area (Å²) in [6.07, 6.45) is 6.17. The molecule has 0 atom stereocenters. The van der Waals surface area contributed by atoms with E-state index in [-0.39, 0.29) is 5.78 Å². The van der Waals surface area contributed by atoms with Crippen LogP contribution in [0, 0.1) is 0 Å². The van der Waals surface area contributed by atoms with E-state index in [1.165, 1.54) is 0 Å². The molecule has 4 heteroatoms. The summed E-state index contributed by atoms with van der Waals surface area (Å²) in [5, 5.41) is 4.76. The van der Waals surface area contributed by atoms with E-state index < -0.39 is 0 Å². The monoisotopic (exact) mass is 258 g/mol. The smallest absolute Gasteiger partial charge is 0.189 e. The summed E-state index contributed by atoms with van der Waals surface area (Å²) in [5.41, 5.74) is 3.50.